The summed E-state index contributed by atoms with van der Waals surface area (Å²) in [7, 11) is 2.56. The van der Waals surface area contributed by atoms with E-state index in [2.05, 4.69) is 94.5 Å². The summed E-state index contributed by atoms with van der Waals surface area (Å²) in [6, 6.07) is 21.8. The Morgan fingerprint density at radius 3 is 2.27 bits per heavy atom. The van der Waals surface area contributed by atoms with Gasteiger partial charge in [-0.1, -0.05) is 89.5 Å². The van der Waals surface area contributed by atoms with Crippen molar-refractivity contribution in [3.8, 4) is 5.75 Å². The van der Waals surface area contributed by atoms with Crippen molar-refractivity contribution in [2.45, 2.75) is 53.2 Å². The second-order valence-electron chi connectivity index (χ2n) is 9.03. The van der Waals surface area contributed by atoms with Crippen molar-refractivity contribution in [3.05, 3.63) is 88.5 Å². The largest absolute Gasteiger partial charge is 0.488 e. The van der Waals surface area contributed by atoms with Crippen molar-refractivity contribution in [1.82, 2.24) is 5.32 Å². The van der Waals surface area contributed by atoms with Crippen molar-refractivity contribution >= 4 is 19.2 Å². The molecule has 1 N–H and O–H groups in total. The topological polar surface area (TPSA) is 21.3 Å². The molecule has 0 fully saturated rings. The minimum absolute atomic E-state index is 0.0123. The number of aryl methyl sites for hydroxylation is 2. The smallest absolute Gasteiger partial charge is 0.131 e. The second kappa shape index (κ2) is 9.77. The molecule has 0 aromatic heterocycles. The Bertz CT molecular complexity index is 990. The van der Waals surface area contributed by atoms with Gasteiger partial charge in [0.05, 0.1) is 0 Å². The maximum absolute atomic E-state index is 6.52. The molecule has 0 heterocycles. The van der Waals surface area contributed by atoms with Crippen LogP contribution in [0.5, 0.6) is 5.75 Å². The molecule has 0 saturated heterocycles. The first-order valence-electron chi connectivity index (χ1n) is 10.6. The van der Waals surface area contributed by atoms with Gasteiger partial charge in [0.25, 0.3) is 0 Å². The fourth-order valence-electron chi connectivity index (χ4n) is 3.63. The molecular formula is C27H34NOP. The van der Waals surface area contributed by atoms with Crippen LogP contribution in [0.2, 0.25) is 0 Å². The molecule has 0 bridgehead atoms. The third-order valence-corrected chi connectivity index (χ3v) is 6.56. The van der Waals surface area contributed by atoms with Gasteiger partial charge in [0.15, 0.2) is 0 Å². The predicted octanol–water partition coefficient (Wildman–Crippen LogP) is 5.53. The van der Waals surface area contributed by atoms with Crippen LogP contribution in [0, 0.1) is 13.8 Å². The first-order chi connectivity index (χ1) is 14.3. The van der Waals surface area contributed by atoms with Crippen LogP contribution >= 0.6 is 8.58 Å². The van der Waals surface area contributed by atoms with E-state index < -0.39 is 0 Å². The van der Waals surface area contributed by atoms with Gasteiger partial charge in [0.2, 0.25) is 0 Å². The summed E-state index contributed by atoms with van der Waals surface area (Å²) in [5, 5.41) is 5.99. The highest BCUT2D eigenvalue weighted by atomic mass is 31.1. The summed E-state index contributed by atoms with van der Waals surface area (Å²) in [6.45, 7) is 12.6. The molecule has 0 aliphatic rings. The number of hydrogen-bond acceptors (Lipinski definition) is 2. The highest BCUT2D eigenvalue weighted by Gasteiger charge is 2.23. The SMILES string of the molecule is CNCc1cc(C)ccc1Pc1cc(C)cc(C(C)(C)C)c1OCc1ccccc1. The molecule has 0 spiro atoms. The lowest BCUT2D eigenvalue weighted by Crippen LogP contribution is -2.21. The Kier molecular flexibility index (Phi) is 7.34. The molecule has 0 amide bonds. The van der Waals surface area contributed by atoms with E-state index in [-0.39, 0.29) is 5.41 Å². The van der Waals surface area contributed by atoms with Gasteiger partial charge >= 0.3 is 0 Å². The van der Waals surface area contributed by atoms with Crippen LogP contribution in [0.4, 0.5) is 0 Å². The molecular weight excluding hydrogens is 385 g/mol. The summed E-state index contributed by atoms with van der Waals surface area (Å²) in [6.07, 6.45) is 0. The maximum Gasteiger partial charge on any atom is 0.131 e. The van der Waals surface area contributed by atoms with Crippen LogP contribution in [0.25, 0.3) is 0 Å². The molecule has 0 radical (unpaired) electrons. The predicted molar refractivity (Wildman–Crippen MR) is 132 cm³/mol. The van der Waals surface area contributed by atoms with E-state index in [0.29, 0.717) is 15.2 Å². The van der Waals surface area contributed by atoms with E-state index >= 15 is 0 Å². The van der Waals surface area contributed by atoms with Crippen LogP contribution in [0.1, 0.15) is 48.6 Å². The summed E-state index contributed by atoms with van der Waals surface area (Å²) in [5.41, 5.74) is 6.44. The molecule has 2 nitrogen and oxygen atoms in total. The lowest BCUT2D eigenvalue weighted by Gasteiger charge is -2.26. The molecule has 0 aliphatic heterocycles. The fourth-order valence-corrected chi connectivity index (χ4v) is 5.03. The summed E-state index contributed by atoms with van der Waals surface area (Å²) in [4.78, 5) is 0. The van der Waals surface area contributed by atoms with Crippen LogP contribution in [-0.4, -0.2) is 7.05 Å². The lowest BCUT2D eigenvalue weighted by atomic mass is 9.85. The molecule has 0 saturated carbocycles. The van der Waals surface area contributed by atoms with Gasteiger partial charge in [-0.3, -0.25) is 0 Å². The molecule has 3 aromatic carbocycles. The normalized spacial score (nSPS) is 11.9. The van der Waals surface area contributed by atoms with E-state index in [0.717, 1.165) is 12.3 Å². The van der Waals surface area contributed by atoms with E-state index in [9.17, 15) is 0 Å². The molecule has 30 heavy (non-hydrogen) atoms. The standard InChI is InChI=1S/C27H34NOP/c1-19-12-13-24(22(14-19)17-28-6)30-25-16-20(2)15-23(27(3,4)5)26(25)29-18-21-10-8-7-9-11-21/h7-16,28,30H,17-18H2,1-6H3. The Balaban J connectivity index is 2.03. The second-order valence-corrected chi connectivity index (χ2v) is 10.4. The van der Waals surface area contributed by atoms with E-state index in [1.807, 2.05) is 13.1 Å². The van der Waals surface area contributed by atoms with Crippen LogP contribution in [-0.2, 0) is 18.6 Å². The van der Waals surface area contributed by atoms with Gasteiger partial charge in [-0.25, -0.2) is 0 Å². The molecule has 3 heteroatoms. The minimum atomic E-state index is 0.0123. The van der Waals surface area contributed by atoms with Gasteiger partial charge in [-0.05, 0) is 54.4 Å². The first-order valence-corrected chi connectivity index (χ1v) is 11.6. The first kappa shape index (κ1) is 22.5. The average Bonchev–Trinajstić information content (AvgIpc) is 2.69. The zero-order valence-corrected chi connectivity index (χ0v) is 20.1. The number of ether oxygens (including phenoxy) is 1. The number of hydrogen-bond donors (Lipinski definition) is 1. The van der Waals surface area contributed by atoms with Crippen LogP contribution in [0.15, 0.2) is 60.7 Å². The molecule has 158 valence electrons. The van der Waals surface area contributed by atoms with Gasteiger partial charge in [-0.15, -0.1) is 0 Å². The molecule has 3 aromatic rings. The van der Waals surface area contributed by atoms with Crippen LogP contribution < -0.4 is 20.7 Å². The zero-order chi connectivity index (χ0) is 21.7. The summed E-state index contributed by atoms with van der Waals surface area (Å²) >= 11 is 0. The number of benzene rings is 3. The summed E-state index contributed by atoms with van der Waals surface area (Å²) in [5.74, 6) is 1.05. The maximum atomic E-state index is 6.52. The number of rotatable bonds is 7. The average molecular weight is 420 g/mol. The molecule has 1 atom stereocenters. The molecule has 1 unspecified atom stereocenters. The number of nitrogens with one attached hydrogen (secondary N) is 1. The Morgan fingerprint density at radius 1 is 0.867 bits per heavy atom. The van der Waals surface area contributed by atoms with Crippen molar-refractivity contribution in [2.24, 2.45) is 0 Å². The Labute approximate surface area is 183 Å². The highest BCUT2D eigenvalue weighted by Crippen LogP contribution is 2.35. The van der Waals surface area contributed by atoms with Gasteiger partial charge < -0.3 is 10.1 Å². The lowest BCUT2D eigenvalue weighted by molar-refractivity contribution is 0.300. The molecule has 0 aliphatic carbocycles. The third kappa shape index (κ3) is 5.72. The van der Waals surface area contributed by atoms with Gasteiger partial charge in [0.1, 0.15) is 12.4 Å². The molecule has 3 rings (SSSR count). The van der Waals surface area contributed by atoms with Crippen molar-refractivity contribution in [2.75, 3.05) is 7.05 Å². The highest BCUT2D eigenvalue weighted by molar-refractivity contribution is 7.55. The van der Waals surface area contributed by atoms with Crippen molar-refractivity contribution in [1.29, 1.82) is 0 Å². The fraction of sp³-hybridized carbons (Fsp3) is 0.333. The third-order valence-electron chi connectivity index (χ3n) is 5.16. The Hall–Kier alpha value is -2.15. The Morgan fingerprint density at radius 2 is 1.60 bits per heavy atom. The van der Waals surface area contributed by atoms with E-state index in [4.69, 9.17) is 4.74 Å². The van der Waals surface area contributed by atoms with E-state index in [1.165, 1.54) is 38.4 Å². The minimum Gasteiger partial charge on any atom is -0.488 e. The van der Waals surface area contributed by atoms with Gasteiger partial charge in [0, 0.05) is 17.4 Å². The quantitative estimate of drug-likeness (QED) is 0.509. The monoisotopic (exact) mass is 419 g/mol. The van der Waals surface area contributed by atoms with Crippen molar-refractivity contribution < 1.29 is 4.74 Å². The van der Waals surface area contributed by atoms with Crippen molar-refractivity contribution in [3.63, 3.8) is 0 Å². The zero-order valence-electron chi connectivity index (χ0n) is 19.1. The van der Waals surface area contributed by atoms with Gasteiger partial charge in [-0.2, -0.15) is 0 Å². The van der Waals surface area contributed by atoms with E-state index in [1.54, 1.807) is 0 Å². The summed E-state index contributed by atoms with van der Waals surface area (Å²) < 4.78 is 6.52. The van der Waals surface area contributed by atoms with Crippen LogP contribution in [0.3, 0.4) is 0 Å².